The number of rotatable bonds is 4. The van der Waals surface area contributed by atoms with E-state index in [2.05, 4.69) is 17.8 Å². The van der Waals surface area contributed by atoms with Gasteiger partial charge >= 0.3 is 0 Å². The van der Waals surface area contributed by atoms with Gasteiger partial charge in [0, 0.05) is 10.1 Å². The van der Waals surface area contributed by atoms with E-state index < -0.39 is 9.84 Å². The molecule has 1 aromatic rings. The number of carbonyl (C=O) groups is 2. The van der Waals surface area contributed by atoms with E-state index in [0.29, 0.717) is 17.2 Å². The molecule has 1 saturated heterocycles. The molecule has 2 aliphatic rings. The predicted octanol–water partition coefficient (Wildman–Crippen LogP) is 1.55. The van der Waals surface area contributed by atoms with Gasteiger partial charge in [-0.2, -0.15) is 0 Å². The second-order valence-corrected chi connectivity index (χ2v) is 11.4. The fourth-order valence-corrected chi connectivity index (χ4v) is 7.67. The number of fused-ring (bicyclic) bond motifs is 1. The van der Waals surface area contributed by atoms with E-state index in [9.17, 15) is 18.0 Å². The summed E-state index contributed by atoms with van der Waals surface area (Å²) in [7, 11) is -2.93. The third kappa shape index (κ3) is 4.98. The number of hydrogen-bond acceptors (Lipinski definition) is 6. The number of hydrazine groups is 1. The number of thioether (sulfide) groups is 1. The minimum atomic E-state index is -2.93. The number of thiophene rings is 1. The lowest BCUT2D eigenvalue weighted by molar-refractivity contribution is -0.119. The van der Waals surface area contributed by atoms with Crippen LogP contribution >= 0.6 is 23.1 Å². The minimum Gasteiger partial charge on any atom is -0.272 e. The van der Waals surface area contributed by atoms with E-state index in [4.69, 9.17) is 0 Å². The highest BCUT2D eigenvalue weighted by molar-refractivity contribution is 8.02. The first-order chi connectivity index (χ1) is 11.8. The van der Waals surface area contributed by atoms with Crippen LogP contribution in [0.15, 0.2) is 6.07 Å². The first-order valence-electron chi connectivity index (χ1n) is 8.35. The Hall–Kier alpha value is -1.06. The number of aryl methyl sites for hydroxylation is 1. The molecular formula is C16H22N2O4S3. The predicted molar refractivity (Wildman–Crippen MR) is 101 cm³/mol. The van der Waals surface area contributed by atoms with Gasteiger partial charge in [-0.05, 0) is 43.2 Å². The second-order valence-electron chi connectivity index (χ2n) is 6.75. The molecule has 0 saturated carbocycles. The van der Waals surface area contributed by atoms with Crippen molar-refractivity contribution < 1.29 is 18.0 Å². The monoisotopic (exact) mass is 402 g/mol. The van der Waals surface area contributed by atoms with Gasteiger partial charge < -0.3 is 0 Å². The van der Waals surface area contributed by atoms with Crippen molar-refractivity contribution in [3.63, 3.8) is 0 Å². The molecule has 0 unspecified atom stereocenters. The molecule has 3 rings (SSSR count). The zero-order valence-corrected chi connectivity index (χ0v) is 16.5. The molecule has 1 aromatic heterocycles. The molecule has 6 nitrogen and oxygen atoms in total. The summed E-state index contributed by atoms with van der Waals surface area (Å²) in [5.41, 5.74) is 6.11. The molecule has 2 amide bonds. The van der Waals surface area contributed by atoms with Crippen LogP contribution in [0.25, 0.3) is 0 Å². The van der Waals surface area contributed by atoms with E-state index in [0.717, 1.165) is 19.3 Å². The number of amides is 2. The second kappa shape index (κ2) is 7.67. The van der Waals surface area contributed by atoms with Crippen molar-refractivity contribution >= 4 is 44.8 Å². The number of sulfone groups is 1. The normalized spacial score (nSPS) is 24.5. The fourth-order valence-electron chi connectivity index (χ4n) is 3.13. The summed E-state index contributed by atoms with van der Waals surface area (Å²) in [4.78, 5) is 25.9. The van der Waals surface area contributed by atoms with Gasteiger partial charge in [-0.25, -0.2) is 8.42 Å². The highest BCUT2D eigenvalue weighted by Gasteiger charge is 2.28. The summed E-state index contributed by atoms with van der Waals surface area (Å²) in [6.07, 6.45) is 3.76. The highest BCUT2D eigenvalue weighted by atomic mass is 32.2. The van der Waals surface area contributed by atoms with Gasteiger partial charge in [0.25, 0.3) is 5.91 Å². The zero-order valence-electron chi connectivity index (χ0n) is 14.0. The van der Waals surface area contributed by atoms with Crippen molar-refractivity contribution in [3.05, 3.63) is 21.4 Å². The van der Waals surface area contributed by atoms with Gasteiger partial charge in [0.05, 0.1) is 22.1 Å². The quantitative estimate of drug-likeness (QED) is 0.746. The average Bonchev–Trinajstić information content (AvgIpc) is 3.13. The average molecular weight is 403 g/mol. The van der Waals surface area contributed by atoms with Gasteiger partial charge in [-0.15, -0.1) is 23.1 Å². The van der Waals surface area contributed by atoms with Crippen molar-refractivity contribution in [2.24, 2.45) is 5.92 Å². The van der Waals surface area contributed by atoms with Gasteiger partial charge in [-0.3, -0.25) is 20.4 Å². The molecule has 0 radical (unpaired) electrons. The Kier molecular flexibility index (Phi) is 5.75. The molecule has 0 aromatic carbocycles. The van der Waals surface area contributed by atoms with Gasteiger partial charge in [0.15, 0.2) is 9.84 Å². The van der Waals surface area contributed by atoms with Crippen LogP contribution in [-0.2, 0) is 27.5 Å². The Morgan fingerprint density at radius 3 is 2.84 bits per heavy atom. The lowest BCUT2D eigenvalue weighted by Crippen LogP contribution is -2.42. The fraction of sp³-hybridized carbons (Fsp3) is 0.625. The van der Waals surface area contributed by atoms with Crippen molar-refractivity contribution in [2.75, 3.05) is 17.3 Å². The van der Waals surface area contributed by atoms with Crippen LogP contribution in [0.2, 0.25) is 0 Å². The van der Waals surface area contributed by atoms with Crippen LogP contribution in [0, 0.1) is 5.92 Å². The molecule has 9 heteroatoms. The van der Waals surface area contributed by atoms with E-state index in [1.54, 1.807) is 0 Å². The highest BCUT2D eigenvalue weighted by Crippen LogP contribution is 2.32. The lowest BCUT2D eigenvalue weighted by Gasteiger charge is -2.16. The Bertz CT molecular complexity index is 772. The van der Waals surface area contributed by atoms with Gasteiger partial charge in [-0.1, -0.05) is 6.92 Å². The Balaban J connectivity index is 1.44. The lowest BCUT2D eigenvalue weighted by atomic mass is 9.90. The maximum Gasteiger partial charge on any atom is 0.279 e. The molecule has 1 aliphatic carbocycles. The topological polar surface area (TPSA) is 92.3 Å². The summed E-state index contributed by atoms with van der Waals surface area (Å²) >= 11 is 2.82. The summed E-state index contributed by atoms with van der Waals surface area (Å²) in [6.45, 7) is 2.22. The van der Waals surface area contributed by atoms with Gasteiger partial charge in [0.2, 0.25) is 5.91 Å². The SMILES string of the molecule is C[C@H]1CCc2sc(C(=O)NNC(=O)CS[C@H]3CCS(=O)(=O)C3)cc2C1. The Morgan fingerprint density at radius 1 is 1.32 bits per heavy atom. The van der Waals surface area contributed by atoms with Gasteiger partial charge in [0.1, 0.15) is 0 Å². The third-order valence-corrected chi connectivity index (χ3v) is 9.03. The smallest absolute Gasteiger partial charge is 0.272 e. The maximum absolute atomic E-state index is 12.2. The van der Waals surface area contributed by atoms with Crippen LogP contribution in [0.4, 0.5) is 0 Å². The zero-order chi connectivity index (χ0) is 18.0. The molecule has 1 fully saturated rings. The van der Waals surface area contributed by atoms with Crippen molar-refractivity contribution in [1.82, 2.24) is 10.9 Å². The van der Waals surface area contributed by atoms with Crippen LogP contribution in [-0.4, -0.2) is 42.7 Å². The minimum absolute atomic E-state index is 0.0301. The standard InChI is InChI=1S/C16H22N2O4S3/c1-10-2-3-13-11(6-10)7-14(24-13)16(20)18-17-15(19)8-23-12-4-5-25(21,22)9-12/h7,10,12H,2-6,8-9H2,1H3,(H,17,19)(H,18,20)/t10-,12-/m0/s1. The maximum atomic E-state index is 12.2. The molecule has 2 heterocycles. The molecule has 2 atom stereocenters. The summed E-state index contributed by atoms with van der Waals surface area (Å²) in [5.74, 6) is 0.501. The van der Waals surface area contributed by atoms with E-state index in [1.807, 2.05) is 6.07 Å². The summed E-state index contributed by atoms with van der Waals surface area (Å²) < 4.78 is 22.8. The molecule has 1 aliphatic heterocycles. The molecule has 0 bridgehead atoms. The third-order valence-electron chi connectivity index (χ3n) is 4.51. The number of hydrogen-bond donors (Lipinski definition) is 2. The van der Waals surface area contributed by atoms with Crippen LogP contribution in [0.1, 0.15) is 39.9 Å². The van der Waals surface area contributed by atoms with Crippen LogP contribution in [0.3, 0.4) is 0 Å². The summed E-state index contributed by atoms with van der Waals surface area (Å²) in [6, 6.07) is 1.93. The van der Waals surface area contributed by atoms with Crippen LogP contribution < -0.4 is 10.9 Å². The van der Waals surface area contributed by atoms with Crippen molar-refractivity contribution in [1.29, 1.82) is 0 Å². The molecule has 2 N–H and O–H groups in total. The number of carbonyl (C=O) groups excluding carboxylic acids is 2. The summed E-state index contributed by atoms with van der Waals surface area (Å²) in [5, 5.41) is -0.0301. The first kappa shape index (κ1) is 18.7. The van der Waals surface area contributed by atoms with Crippen LogP contribution in [0.5, 0.6) is 0 Å². The molecule has 0 spiro atoms. The molecule has 138 valence electrons. The van der Waals surface area contributed by atoms with E-state index >= 15 is 0 Å². The van der Waals surface area contributed by atoms with Crippen molar-refractivity contribution in [2.45, 2.75) is 37.9 Å². The van der Waals surface area contributed by atoms with E-state index in [1.165, 1.54) is 33.5 Å². The number of nitrogens with one attached hydrogen (secondary N) is 2. The molecule has 25 heavy (non-hydrogen) atoms. The Morgan fingerprint density at radius 2 is 2.12 bits per heavy atom. The molecular weight excluding hydrogens is 380 g/mol. The van der Waals surface area contributed by atoms with Crippen molar-refractivity contribution in [3.8, 4) is 0 Å². The largest absolute Gasteiger partial charge is 0.279 e. The Labute approximate surface area is 156 Å². The van der Waals surface area contributed by atoms with E-state index in [-0.39, 0.29) is 34.3 Å². The first-order valence-corrected chi connectivity index (χ1v) is 12.0.